The number of carbonyl (C=O) groups is 4. The van der Waals surface area contributed by atoms with Crippen molar-refractivity contribution in [3.63, 3.8) is 0 Å². The highest BCUT2D eigenvalue weighted by Gasteiger charge is 2.51. The lowest BCUT2D eigenvalue weighted by Gasteiger charge is -2.26. The highest BCUT2D eigenvalue weighted by molar-refractivity contribution is 7.09. The number of urea groups is 1. The number of nitrogens with one attached hydrogen (secondary N) is 2. The third-order valence-electron chi connectivity index (χ3n) is 5.45. The molecule has 8 nitrogen and oxygen atoms in total. The number of hydrogen-bond donors (Lipinski definition) is 2. The van der Waals surface area contributed by atoms with Gasteiger partial charge in [0.25, 0.3) is 5.91 Å². The van der Waals surface area contributed by atoms with Crippen LogP contribution in [0.2, 0.25) is 0 Å². The first kappa shape index (κ1) is 23.4. The largest absolute Gasteiger partial charge is 0.350 e. The predicted molar refractivity (Wildman–Crippen MR) is 117 cm³/mol. The molecular formula is C22H25FN4O4S. The molecule has 1 unspecified atom stereocenters. The third kappa shape index (κ3) is 4.80. The van der Waals surface area contributed by atoms with Crippen molar-refractivity contribution in [3.8, 4) is 0 Å². The maximum Gasteiger partial charge on any atom is 0.325 e. The minimum atomic E-state index is -1.36. The smallest absolute Gasteiger partial charge is 0.325 e. The maximum absolute atomic E-state index is 13.3. The minimum absolute atomic E-state index is 0.179. The number of hydrogen-bond acceptors (Lipinski definition) is 5. The Morgan fingerprint density at radius 2 is 1.91 bits per heavy atom. The number of thiophene rings is 1. The molecule has 0 saturated carbocycles. The highest BCUT2D eigenvalue weighted by atomic mass is 32.1. The van der Waals surface area contributed by atoms with E-state index < -0.39 is 35.7 Å². The molecule has 0 aliphatic carbocycles. The molecule has 1 aromatic heterocycles. The number of halogens is 1. The average Bonchev–Trinajstić information content (AvgIpc) is 3.39. The Balaban J connectivity index is 1.66. The first-order valence-electron chi connectivity index (χ1n) is 10.3. The second kappa shape index (κ2) is 9.90. The molecule has 1 aliphatic heterocycles. The van der Waals surface area contributed by atoms with Crippen molar-refractivity contribution in [1.82, 2.24) is 20.4 Å². The number of imide groups is 1. The molecule has 0 bridgehead atoms. The summed E-state index contributed by atoms with van der Waals surface area (Å²) in [4.78, 5) is 53.9. The van der Waals surface area contributed by atoms with Gasteiger partial charge >= 0.3 is 6.03 Å². The lowest BCUT2D eigenvalue weighted by molar-refractivity contribution is -0.140. The van der Waals surface area contributed by atoms with Crippen molar-refractivity contribution in [2.24, 2.45) is 0 Å². The average molecular weight is 461 g/mol. The first-order valence-corrected chi connectivity index (χ1v) is 11.2. The summed E-state index contributed by atoms with van der Waals surface area (Å²) in [7, 11) is 0. The van der Waals surface area contributed by atoms with Crippen molar-refractivity contribution in [1.29, 1.82) is 0 Å². The van der Waals surface area contributed by atoms with Crippen molar-refractivity contribution in [3.05, 3.63) is 58.0 Å². The summed E-state index contributed by atoms with van der Waals surface area (Å²) in [5.74, 6) is -1.89. The summed E-state index contributed by atoms with van der Waals surface area (Å²) in [6.07, 6.45) is 0.233. The minimum Gasteiger partial charge on any atom is -0.350 e. The van der Waals surface area contributed by atoms with E-state index in [1.54, 1.807) is 13.8 Å². The molecule has 1 atom stereocenters. The maximum atomic E-state index is 13.3. The van der Waals surface area contributed by atoms with Crippen molar-refractivity contribution in [2.75, 3.05) is 19.6 Å². The molecule has 10 heteroatoms. The van der Waals surface area contributed by atoms with Crippen LogP contribution in [0.25, 0.3) is 0 Å². The Labute approximate surface area is 189 Å². The lowest BCUT2D eigenvalue weighted by atomic mass is 9.87. The topological polar surface area (TPSA) is 98.8 Å². The van der Waals surface area contributed by atoms with Gasteiger partial charge < -0.3 is 15.5 Å². The van der Waals surface area contributed by atoms with Gasteiger partial charge in [-0.15, -0.1) is 11.3 Å². The van der Waals surface area contributed by atoms with E-state index in [1.807, 2.05) is 17.5 Å². The molecule has 32 heavy (non-hydrogen) atoms. The normalized spacial score (nSPS) is 17.9. The quantitative estimate of drug-likeness (QED) is 0.561. The fourth-order valence-electron chi connectivity index (χ4n) is 3.58. The molecule has 1 aliphatic rings. The van der Waals surface area contributed by atoms with Crippen LogP contribution in [-0.4, -0.2) is 53.2 Å². The summed E-state index contributed by atoms with van der Waals surface area (Å²) in [5, 5.41) is 7.32. The number of nitrogens with zero attached hydrogens (tertiary/aromatic N) is 2. The molecule has 0 radical (unpaired) electrons. The number of amides is 5. The third-order valence-corrected chi connectivity index (χ3v) is 6.32. The van der Waals surface area contributed by atoms with Crippen LogP contribution in [0.4, 0.5) is 9.18 Å². The Morgan fingerprint density at radius 1 is 1.19 bits per heavy atom. The van der Waals surface area contributed by atoms with Crippen LogP contribution in [0.3, 0.4) is 0 Å². The Hall–Kier alpha value is -3.27. The van der Waals surface area contributed by atoms with Crippen molar-refractivity contribution < 1.29 is 23.6 Å². The van der Waals surface area contributed by atoms with Gasteiger partial charge in [-0.05, 0) is 42.5 Å². The van der Waals surface area contributed by atoms with Gasteiger partial charge in [-0.3, -0.25) is 19.3 Å². The molecule has 0 spiro atoms. The van der Waals surface area contributed by atoms with Crippen LogP contribution in [0, 0.1) is 5.82 Å². The van der Waals surface area contributed by atoms with Gasteiger partial charge in [0.1, 0.15) is 17.9 Å². The number of carbonyl (C=O) groups excluding carboxylic acids is 4. The number of likely N-dealkylation sites (N-methyl/N-ethyl adjacent to an activating group) is 1. The summed E-state index contributed by atoms with van der Waals surface area (Å²) < 4.78 is 13.3. The zero-order chi connectivity index (χ0) is 23.3. The Morgan fingerprint density at radius 3 is 2.50 bits per heavy atom. The molecule has 1 saturated heterocycles. The second-order valence-electron chi connectivity index (χ2n) is 7.35. The molecule has 1 fully saturated rings. The van der Waals surface area contributed by atoms with Gasteiger partial charge in [0.2, 0.25) is 11.8 Å². The Kier molecular flexibility index (Phi) is 7.24. The van der Waals surface area contributed by atoms with E-state index in [2.05, 4.69) is 10.6 Å². The van der Waals surface area contributed by atoms with Crippen LogP contribution < -0.4 is 10.6 Å². The summed E-state index contributed by atoms with van der Waals surface area (Å²) in [6, 6.07) is 8.40. The molecular weight excluding hydrogens is 435 g/mol. The molecule has 2 aromatic rings. The number of rotatable bonds is 9. The standard InChI is InChI=1S/C22H25FN4O4S/c1-3-22(15-7-9-16(23)10-8-15)20(30)27(21(31)25-22)14-19(29)26(4-2)13-18(28)24-12-17-6-5-11-32-17/h5-11H,3-4,12-14H2,1-2H3,(H,24,28)(H,25,31). The summed E-state index contributed by atoms with van der Waals surface area (Å²) >= 11 is 1.51. The zero-order valence-electron chi connectivity index (χ0n) is 17.9. The van der Waals surface area contributed by atoms with Crippen LogP contribution in [0.15, 0.2) is 41.8 Å². The van der Waals surface area contributed by atoms with Crippen LogP contribution in [0.5, 0.6) is 0 Å². The molecule has 5 amide bonds. The SMILES string of the molecule is CCN(CC(=O)NCc1cccs1)C(=O)CN1C(=O)NC(CC)(c2ccc(F)cc2)C1=O. The van der Waals surface area contributed by atoms with Gasteiger partial charge in [0, 0.05) is 11.4 Å². The molecule has 1 aromatic carbocycles. The zero-order valence-corrected chi connectivity index (χ0v) is 18.7. The summed E-state index contributed by atoms with van der Waals surface area (Å²) in [6.45, 7) is 3.38. The van der Waals surface area contributed by atoms with Gasteiger partial charge in [-0.2, -0.15) is 0 Å². The fraction of sp³-hybridized carbons (Fsp3) is 0.364. The van der Waals surface area contributed by atoms with Gasteiger partial charge in [-0.25, -0.2) is 9.18 Å². The molecule has 2 heterocycles. The first-order chi connectivity index (χ1) is 15.3. The highest BCUT2D eigenvalue weighted by Crippen LogP contribution is 2.32. The van der Waals surface area contributed by atoms with Gasteiger partial charge in [-0.1, -0.05) is 25.1 Å². The summed E-state index contributed by atoms with van der Waals surface area (Å²) in [5.41, 5.74) is -0.921. The van der Waals surface area contributed by atoms with Gasteiger partial charge in [0.15, 0.2) is 0 Å². The van der Waals surface area contributed by atoms with E-state index in [0.29, 0.717) is 12.1 Å². The monoisotopic (exact) mass is 460 g/mol. The van der Waals surface area contributed by atoms with Crippen LogP contribution >= 0.6 is 11.3 Å². The predicted octanol–water partition coefficient (Wildman–Crippen LogP) is 2.21. The van der Waals surface area contributed by atoms with Crippen molar-refractivity contribution in [2.45, 2.75) is 32.4 Å². The van der Waals surface area contributed by atoms with E-state index in [0.717, 1.165) is 9.78 Å². The molecule has 2 N–H and O–H groups in total. The van der Waals surface area contributed by atoms with Crippen LogP contribution in [-0.2, 0) is 26.5 Å². The van der Waals surface area contributed by atoms with E-state index in [9.17, 15) is 23.6 Å². The Bertz CT molecular complexity index is 996. The number of benzene rings is 1. The second-order valence-corrected chi connectivity index (χ2v) is 8.38. The molecule has 170 valence electrons. The molecule has 3 rings (SSSR count). The lowest BCUT2D eigenvalue weighted by Crippen LogP contribution is -2.47. The van der Waals surface area contributed by atoms with Crippen molar-refractivity contribution >= 4 is 35.1 Å². The fourth-order valence-corrected chi connectivity index (χ4v) is 4.23. The van der Waals surface area contributed by atoms with Crippen LogP contribution in [0.1, 0.15) is 30.7 Å². The van der Waals surface area contributed by atoms with Gasteiger partial charge in [0.05, 0.1) is 13.1 Å². The van der Waals surface area contributed by atoms with E-state index in [4.69, 9.17) is 0 Å². The van der Waals surface area contributed by atoms with E-state index in [1.165, 1.54) is 40.5 Å². The van der Waals surface area contributed by atoms with E-state index >= 15 is 0 Å². The van der Waals surface area contributed by atoms with E-state index in [-0.39, 0.29) is 25.4 Å².